The Balaban J connectivity index is 1.19. The molecule has 2 aliphatic heterocycles. The predicted molar refractivity (Wildman–Crippen MR) is 129 cm³/mol. The van der Waals surface area contributed by atoms with Crippen LogP contribution in [-0.2, 0) is 17.8 Å². The van der Waals surface area contributed by atoms with Crippen molar-refractivity contribution >= 4 is 11.9 Å². The summed E-state index contributed by atoms with van der Waals surface area (Å²) in [4.78, 5) is 35.9. The van der Waals surface area contributed by atoms with Gasteiger partial charge in [-0.05, 0) is 67.1 Å². The van der Waals surface area contributed by atoms with Gasteiger partial charge in [0.2, 0.25) is 0 Å². The van der Waals surface area contributed by atoms with Crippen molar-refractivity contribution in [2.24, 2.45) is 0 Å². The van der Waals surface area contributed by atoms with Crippen LogP contribution in [-0.4, -0.2) is 63.8 Å². The van der Waals surface area contributed by atoms with Gasteiger partial charge in [0.25, 0.3) is 5.91 Å². The van der Waals surface area contributed by atoms with Gasteiger partial charge in [-0.1, -0.05) is 18.2 Å². The van der Waals surface area contributed by atoms with Gasteiger partial charge in [0.05, 0.1) is 6.26 Å². The average molecular weight is 459 g/mol. The van der Waals surface area contributed by atoms with Crippen molar-refractivity contribution in [3.8, 4) is 11.3 Å². The highest BCUT2D eigenvalue weighted by Gasteiger charge is 2.56. The van der Waals surface area contributed by atoms with E-state index in [0.717, 1.165) is 43.8 Å². The number of aromatic nitrogens is 1. The van der Waals surface area contributed by atoms with E-state index in [1.165, 1.54) is 16.0 Å². The molecule has 2 fully saturated rings. The molecule has 3 aromatic rings. The minimum Gasteiger partial charge on any atom is -0.464 e. The Labute approximate surface area is 200 Å². The first-order valence-corrected chi connectivity index (χ1v) is 11.9. The summed E-state index contributed by atoms with van der Waals surface area (Å²) in [6, 6.07) is 16.0. The van der Waals surface area contributed by atoms with E-state index in [1.807, 2.05) is 24.3 Å². The van der Waals surface area contributed by atoms with E-state index >= 15 is 0 Å². The van der Waals surface area contributed by atoms with Crippen LogP contribution < -0.4 is 0 Å². The minimum absolute atomic E-state index is 0.0332. The quantitative estimate of drug-likeness (QED) is 0.496. The zero-order valence-corrected chi connectivity index (χ0v) is 19.5. The predicted octanol–water partition coefficient (Wildman–Crippen LogP) is 4.20. The third kappa shape index (κ3) is 4.23. The maximum atomic E-state index is 13.4. The number of imide groups is 1. The summed E-state index contributed by atoms with van der Waals surface area (Å²) < 4.78 is 5.53. The molecule has 2 aromatic heterocycles. The maximum absolute atomic E-state index is 13.4. The number of hydrogen-bond acceptors (Lipinski definition) is 5. The summed E-state index contributed by atoms with van der Waals surface area (Å²) in [5.41, 5.74) is 2.74. The maximum Gasteiger partial charge on any atom is 0.327 e. The fourth-order valence-electron chi connectivity index (χ4n) is 5.19. The molecule has 0 atom stereocenters. The van der Waals surface area contributed by atoms with Crippen molar-refractivity contribution in [2.45, 2.75) is 37.8 Å². The molecule has 3 amide bonds. The lowest BCUT2D eigenvalue weighted by molar-refractivity contribution is -0.135. The highest BCUT2D eigenvalue weighted by atomic mass is 16.3. The first kappa shape index (κ1) is 22.3. The molecule has 0 N–H and O–H groups in total. The van der Waals surface area contributed by atoms with Crippen LogP contribution in [0.15, 0.2) is 71.6 Å². The number of aryl methyl sites for hydroxylation is 1. The van der Waals surface area contributed by atoms with Gasteiger partial charge in [0, 0.05) is 51.2 Å². The Morgan fingerprint density at radius 2 is 1.79 bits per heavy atom. The van der Waals surface area contributed by atoms with E-state index in [-0.39, 0.29) is 11.9 Å². The topological polar surface area (TPSA) is 69.9 Å². The van der Waals surface area contributed by atoms with Crippen LogP contribution in [0.2, 0.25) is 0 Å². The molecule has 5 rings (SSSR count). The molecule has 7 heteroatoms. The number of nitrogens with zero attached hydrogens (tertiary/aromatic N) is 4. The molecule has 2 saturated heterocycles. The lowest BCUT2D eigenvalue weighted by atomic mass is 9.86. The van der Waals surface area contributed by atoms with E-state index in [9.17, 15) is 9.59 Å². The monoisotopic (exact) mass is 458 g/mol. The molecule has 0 bridgehead atoms. The Hall–Kier alpha value is -3.45. The number of likely N-dealkylation sites (tertiary alicyclic amines) is 1. The Bertz CT molecular complexity index is 1140. The largest absolute Gasteiger partial charge is 0.464 e. The number of carbonyl (C=O) groups excluding carboxylic acids is 2. The normalized spacial score (nSPS) is 18.3. The molecule has 0 saturated carbocycles. The van der Waals surface area contributed by atoms with Crippen LogP contribution in [0, 0.1) is 0 Å². The number of piperidine rings is 1. The Morgan fingerprint density at radius 1 is 1.00 bits per heavy atom. The lowest BCUT2D eigenvalue weighted by Gasteiger charge is -2.40. The zero-order valence-electron chi connectivity index (χ0n) is 19.5. The van der Waals surface area contributed by atoms with Crippen molar-refractivity contribution in [1.29, 1.82) is 0 Å². The second kappa shape index (κ2) is 9.43. The zero-order chi connectivity index (χ0) is 23.5. The smallest absolute Gasteiger partial charge is 0.327 e. The molecular formula is C27H30N4O3. The number of hydrogen-bond donors (Lipinski definition) is 0. The van der Waals surface area contributed by atoms with Crippen LogP contribution in [0.25, 0.3) is 11.3 Å². The van der Waals surface area contributed by atoms with Crippen LogP contribution in [0.4, 0.5) is 4.79 Å². The molecule has 1 spiro atoms. The van der Waals surface area contributed by atoms with E-state index < -0.39 is 5.54 Å². The van der Waals surface area contributed by atoms with Gasteiger partial charge >= 0.3 is 6.03 Å². The van der Waals surface area contributed by atoms with E-state index in [0.29, 0.717) is 19.4 Å². The molecular weight excluding hydrogens is 428 g/mol. The molecule has 0 aliphatic carbocycles. The third-order valence-electron chi connectivity index (χ3n) is 7.22. The fraction of sp³-hybridized carbons (Fsp3) is 0.370. The number of amides is 3. The lowest BCUT2D eigenvalue weighted by Crippen LogP contribution is -2.55. The SMILES string of the molecule is CN1C(=O)N(CCCc2ccncc2)C(=O)C12CCN(Cc1cccc(-c3ccco3)c1)CC2. The summed E-state index contributed by atoms with van der Waals surface area (Å²) in [7, 11) is 1.78. The van der Waals surface area contributed by atoms with E-state index in [1.54, 1.807) is 30.6 Å². The number of pyridine rings is 1. The first-order chi connectivity index (χ1) is 16.6. The second-order valence-electron chi connectivity index (χ2n) is 9.24. The standard InChI is InChI=1S/C27H30N4O3/c1-29-26(33)31(15-3-6-21-9-13-28-14-10-21)25(32)27(29)11-16-30(17-12-27)20-22-5-2-7-23(19-22)24-8-4-18-34-24/h2,4-5,7-10,13-14,18-19H,3,6,11-12,15-17,20H2,1H3. The summed E-state index contributed by atoms with van der Waals surface area (Å²) in [6.45, 7) is 2.82. The molecule has 176 valence electrons. The Morgan fingerprint density at radius 3 is 2.53 bits per heavy atom. The van der Waals surface area contributed by atoms with Crippen molar-refractivity contribution in [3.63, 3.8) is 0 Å². The van der Waals surface area contributed by atoms with Gasteiger partial charge in [-0.25, -0.2) is 4.79 Å². The molecule has 34 heavy (non-hydrogen) atoms. The van der Waals surface area contributed by atoms with Gasteiger partial charge in [-0.15, -0.1) is 0 Å². The van der Waals surface area contributed by atoms with Gasteiger partial charge in [-0.3, -0.25) is 19.6 Å². The number of likely N-dealkylation sites (N-methyl/N-ethyl adjacent to an activating group) is 1. The van der Waals surface area contributed by atoms with E-state index in [2.05, 4.69) is 34.1 Å². The van der Waals surface area contributed by atoms with Crippen molar-refractivity contribution in [3.05, 3.63) is 78.3 Å². The number of furan rings is 1. The van der Waals surface area contributed by atoms with Crippen LogP contribution in [0.5, 0.6) is 0 Å². The molecule has 7 nitrogen and oxygen atoms in total. The molecule has 1 aromatic carbocycles. The number of rotatable bonds is 7. The minimum atomic E-state index is -0.708. The average Bonchev–Trinajstić information content (AvgIpc) is 3.47. The Kier molecular flexibility index (Phi) is 6.20. The van der Waals surface area contributed by atoms with Crippen LogP contribution in [0.3, 0.4) is 0 Å². The van der Waals surface area contributed by atoms with E-state index in [4.69, 9.17) is 4.42 Å². The van der Waals surface area contributed by atoms with Crippen molar-refractivity contribution in [1.82, 2.24) is 19.7 Å². The third-order valence-corrected chi connectivity index (χ3v) is 7.22. The first-order valence-electron chi connectivity index (χ1n) is 11.9. The molecule has 0 unspecified atom stereocenters. The van der Waals surface area contributed by atoms with Crippen LogP contribution >= 0.6 is 0 Å². The van der Waals surface area contributed by atoms with Gasteiger partial charge in [-0.2, -0.15) is 0 Å². The summed E-state index contributed by atoms with van der Waals surface area (Å²) >= 11 is 0. The fourth-order valence-corrected chi connectivity index (χ4v) is 5.19. The van der Waals surface area contributed by atoms with Gasteiger partial charge < -0.3 is 9.32 Å². The highest BCUT2D eigenvalue weighted by Crippen LogP contribution is 2.36. The number of benzene rings is 1. The van der Waals surface area contributed by atoms with Gasteiger partial charge in [0.15, 0.2) is 0 Å². The number of urea groups is 1. The summed E-state index contributed by atoms with van der Waals surface area (Å²) in [6.07, 6.45) is 8.12. The second-order valence-corrected chi connectivity index (χ2v) is 9.24. The molecule has 4 heterocycles. The van der Waals surface area contributed by atoms with Crippen molar-refractivity contribution in [2.75, 3.05) is 26.7 Å². The van der Waals surface area contributed by atoms with Gasteiger partial charge in [0.1, 0.15) is 11.3 Å². The van der Waals surface area contributed by atoms with Crippen molar-refractivity contribution < 1.29 is 14.0 Å². The summed E-state index contributed by atoms with van der Waals surface area (Å²) in [5, 5.41) is 0. The molecule has 0 radical (unpaired) electrons. The van der Waals surface area contributed by atoms with Crippen LogP contribution in [0.1, 0.15) is 30.4 Å². The molecule has 2 aliphatic rings. The highest BCUT2D eigenvalue weighted by molar-refractivity contribution is 6.07. The number of carbonyl (C=O) groups is 2. The summed E-state index contributed by atoms with van der Waals surface area (Å²) in [5.74, 6) is 0.828.